The lowest BCUT2D eigenvalue weighted by molar-refractivity contribution is 0.0489. The Morgan fingerprint density at radius 2 is 1.22 bits per heavy atom. The van der Waals surface area contributed by atoms with E-state index in [1.54, 1.807) is 55.6 Å². The summed E-state index contributed by atoms with van der Waals surface area (Å²) in [7, 11) is 1.64. The largest absolute Gasteiger partial charge is 0.494 e. The molecule has 0 spiro atoms. The number of benzene rings is 2. The SMILES string of the molecule is CCCCCCCOc1ccc(C(=O)Oc2ccc(C(=O)OCCCCOC)cc2)cc1. The summed E-state index contributed by atoms with van der Waals surface area (Å²) in [6, 6.07) is 13.2. The molecule has 6 nitrogen and oxygen atoms in total. The average Bonchev–Trinajstić information content (AvgIpc) is 2.82. The van der Waals surface area contributed by atoms with Crippen LogP contribution < -0.4 is 9.47 Å². The first-order valence-electron chi connectivity index (χ1n) is 11.3. The first kappa shape index (κ1) is 25.4. The van der Waals surface area contributed by atoms with E-state index < -0.39 is 11.9 Å². The smallest absolute Gasteiger partial charge is 0.343 e. The number of hydrogen-bond donors (Lipinski definition) is 0. The highest BCUT2D eigenvalue weighted by Gasteiger charge is 2.11. The monoisotopic (exact) mass is 442 g/mol. The van der Waals surface area contributed by atoms with E-state index in [1.807, 2.05) is 0 Å². The summed E-state index contributed by atoms with van der Waals surface area (Å²) in [6.45, 7) is 3.86. The number of ether oxygens (including phenoxy) is 4. The van der Waals surface area contributed by atoms with E-state index in [1.165, 1.54) is 25.7 Å². The van der Waals surface area contributed by atoms with Gasteiger partial charge in [0, 0.05) is 13.7 Å². The zero-order valence-electron chi connectivity index (χ0n) is 19.1. The number of carbonyl (C=O) groups excluding carboxylic acids is 2. The number of methoxy groups -OCH3 is 1. The molecule has 2 aromatic carbocycles. The third kappa shape index (κ3) is 9.52. The standard InChI is InChI=1S/C26H34O6/c1-3-4-5-6-7-19-30-23-14-10-22(11-15-23)26(28)32-24-16-12-21(13-17-24)25(27)31-20-9-8-18-29-2/h10-17H,3-9,18-20H2,1-2H3. The summed E-state index contributed by atoms with van der Waals surface area (Å²) < 4.78 is 21.3. The van der Waals surface area contributed by atoms with Crippen molar-refractivity contribution in [3.8, 4) is 11.5 Å². The Morgan fingerprint density at radius 1 is 0.656 bits per heavy atom. The van der Waals surface area contributed by atoms with Crippen LogP contribution in [0.3, 0.4) is 0 Å². The van der Waals surface area contributed by atoms with E-state index in [9.17, 15) is 9.59 Å². The molecule has 0 saturated carbocycles. The predicted octanol–water partition coefficient (Wildman–Crippen LogP) is 5.84. The fraction of sp³-hybridized carbons (Fsp3) is 0.462. The van der Waals surface area contributed by atoms with Crippen molar-refractivity contribution in [3.63, 3.8) is 0 Å². The molecule has 0 heterocycles. The second-order valence-electron chi connectivity index (χ2n) is 7.54. The van der Waals surface area contributed by atoms with Gasteiger partial charge in [-0.1, -0.05) is 32.6 Å². The molecule has 0 aliphatic carbocycles. The van der Waals surface area contributed by atoms with E-state index in [0.717, 1.165) is 25.0 Å². The maximum atomic E-state index is 12.4. The van der Waals surface area contributed by atoms with Crippen LogP contribution in [0, 0.1) is 0 Å². The first-order chi connectivity index (χ1) is 15.6. The second-order valence-corrected chi connectivity index (χ2v) is 7.54. The van der Waals surface area contributed by atoms with Crippen molar-refractivity contribution in [2.24, 2.45) is 0 Å². The highest BCUT2D eigenvalue weighted by Crippen LogP contribution is 2.18. The van der Waals surface area contributed by atoms with Gasteiger partial charge in [-0.3, -0.25) is 0 Å². The number of unbranched alkanes of at least 4 members (excludes halogenated alkanes) is 5. The van der Waals surface area contributed by atoms with Gasteiger partial charge in [-0.05, 0) is 67.8 Å². The molecular weight excluding hydrogens is 408 g/mol. The molecule has 0 N–H and O–H groups in total. The van der Waals surface area contributed by atoms with Crippen LogP contribution >= 0.6 is 0 Å². The summed E-state index contributed by atoms with van der Waals surface area (Å²) in [4.78, 5) is 24.4. The zero-order chi connectivity index (χ0) is 23.0. The minimum atomic E-state index is -0.468. The zero-order valence-corrected chi connectivity index (χ0v) is 19.1. The lowest BCUT2D eigenvalue weighted by Gasteiger charge is -2.08. The predicted molar refractivity (Wildman–Crippen MR) is 123 cm³/mol. The highest BCUT2D eigenvalue weighted by atomic mass is 16.5. The fourth-order valence-corrected chi connectivity index (χ4v) is 3.00. The van der Waals surface area contributed by atoms with Gasteiger partial charge in [-0.15, -0.1) is 0 Å². The maximum absolute atomic E-state index is 12.4. The van der Waals surface area contributed by atoms with Gasteiger partial charge in [0.15, 0.2) is 0 Å². The van der Waals surface area contributed by atoms with Crippen LogP contribution in [0.2, 0.25) is 0 Å². The van der Waals surface area contributed by atoms with Gasteiger partial charge in [0.25, 0.3) is 0 Å². The molecule has 174 valence electrons. The van der Waals surface area contributed by atoms with Crippen molar-refractivity contribution in [2.45, 2.75) is 51.9 Å². The molecule has 2 aromatic rings. The van der Waals surface area contributed by atoms with Gasteiger partial charge < -0.3 is 18.9 Å². The fourth-order valence-electron chi connectivity index (χ4n) is 3.00. The Balaban J connectivity index is 1.75. The molecule has 0 radical (unpaired) electrons. The molecule has 0 aliphatic rings. The molecule has 0 fully saturated rings. The summed E-state index contributed by atoms with van der Waals surface area (Å²) in [6.07, 6.45) is 7.51. The molecular formula is C26H34O6. The Kier molecular flexibility index (Phi) is 11.9. The van der Waals surface area contributed by atoms with Crippen molar-refractivity contribution in [3.05, 3.63) is 59.7 Å². The van der Waals surface area contributed by atoms with Crippen molar-refractivity contribution in [1.29, 1.82) is 0 Å². The molecule has 0 saturated heterocycles. The summed E-state index contributed by atoms with van der Waals surface area (Å²) in [5, 5.41) is 0. The molecule has 0 unspecified atom stereocenters. The third-order valence-electron chi connectivity index (χ3n) is 4.88. The quantitative estimate of drug-likeness (QED) is 0.196. The van der Waals surface area contributed by atoms with Crippen LogP contribution in [-0.2, 0) is 9.47 Å². The Hall–Kier alpha value is -2.86. The van der Waals surface area contributed by atoms with Crippen LogP contribution in [0.4, 0.5) is 0 Å². The molecule has 0 atom stereocenters. The Morgan fingerprint density at radius 3 is 1.88 bits per heavy atom. The minimum Gasteiger partial charge on any atom is -0.494 e. The van der Waals surface area contributed by atoms with Crippen molar-refractivity contribution >= 4 is 11.9 Å². The first-order valence-corrected chi connectivity index (χ1v) is 11.3. The normalized spacial score (nSPS) is 10.6. The molecule has 6 heteroatoms. The minimum absolute atomic E-state index is 0.345. The van der Waals surface area contributed by atoms with E-state index in [-0.39, 0.29) is 0 Å². The van der Waals surface area contributed by atoms with Crippen LogP contribution in [0.15, 0.2) is 48.5 Å². The molecule has 0 amide bonds. The summed E-state index contributed by atoms with van der Waals surface area (Å²) in [5.41, 5.74) is 0.840. The Bertz CT molecular complexity index is 798. The van der Waals surface area contributed by atoms with Crippen LogP contribution in [0.5, 0.6) is 11.5 Å². The van der Waals surface area contributed by atoms with Gasteiger partial charge in [-0.2, -0.15) is 0 Å². The molecule has 32 heavy (non-hydrogen) atoms. The third-order valence-corrected chi connectivity index (χ3v) is 4.88. The van der Waals surface area contributed by atoms with Crippen molar-refractivity contribution in [2.75, 3.05) is 26.9 Å². The maximum Gasteiger partial charge on any atom is 0.343 e. The van der Waals surface area contributed by atoms with Gasteiger partial charge >= 0.3 is 11.9 Å². The van der Waals surface area contributed by atoms with Gasteiger partial charge in [0.05, 0.1) is 24.3 Å². The summed E-state index contributed by atoms with van der Waals surface area (Å²) >= 11 is 0. The highest BCUT2D eigenvalue weighted by molar-refractivity contribution is 5.92. The second kappa shape index (κ2) is 15.0. The number of esters is 2. The van der Waals surface area contributed by atoms with Crippen molar-refractivity contribution < 1.29 is 28.5 Å². The average molecular weight is 443 g/mol. The van der Waals surface area contributed by atoms with E-state index in [4.69, 9.17) is 18.9 Å². The number of hydrogen-bond acceptors (Lipinski definition) is 6. The number of carbonyl (C=O) groups is 2. The van der Waals surface area contributed by atoms with E-state index in [2.05, 4.69) is 6.92 Å². The molecule has 0 bridgehead atoms. The Labute approximate surface area is 190 Å². The lowest BCUT2D eigenvalue weighted by atomic mass is 10.2. The number of rotatable bonds is 15. The van der Waals surface area contributed by atoms with Crippen LogP contribution in [0.1, 0.15) is 72.6 Å². The van der Waals surface area contributed by atoms with E-state index >= 15 is 0 Å². The van der Waals surface area contributed by atoms with Gasteiger partial charge in [0.2, 0.25) is 0 Å². The van der Waals surface area contributed by atoms with Crippen molar-refractivity contribution in [1.82, 2.24) is 0 Å². The lowest BCUT2D eigenvalue weighted by Crippen LogP contribution is -2.09. The topological polar surface area (TPSA) is 71.1 Å². The van der Waals surface area contributed by atoms with E-state index in [0.29, 0.717) is 36.7 Å². The molecule has 0 aliphatic heterocycles. The van der Waals surface area contributed by atoms with Crippen LogP contribution in [0.25, 0.3) is 0 Å². The van der Waals surface area contributed by atoms with Gasteiger partial charge in [-0.25, -0.2) is 9.59 Å². The summed E-state index contributed by atoms with van der Waals surface area (Å²) in [5.74, 6) is 0.229. The molecule has 0 aromatic heterocycles. The molecule has 2 rings (SSSR count). The van der Waals surface area contributed by atoms with Gasteiger partial charge in [0.1, 0.15) is 11.5 Å². The van der Waals surface area contributed by atoms with Crippen LogP contribution in [-0.4, -0.2) is 38.9 Å².